The fourth-order valence-electron chi connectivity index (χ4n) is 4.59. The molecule has 3 aromatic rings. The Hall–Kier alpha value is -2.63. The van der Waals surface area contributed by atoms with Crippen molar-refractivity contribution in [3.8, 4) is 0 Å². The third-order valence-corrected chi connectivity index (χ3v) is 6.42. The Morgan fingerprint density at radius 3 is 2.61 bits per heavy atom. The van der Waals surface area contributed by atoms with Gasteiger partial charge in [-0.3, -0.25) is 14.7 Å². The van der Waals surface area contributed by atoms with Crippen LogP contribution in [0.5, 0.6) is 0 Å². The molecule has 1 aliphatic rings. The second-order valence-electron chi connectivity index (χ2n) is 8.34. The monoisotopic (exact) mass is 438 g/mol. The van der Waals surface area contributed by atoms with Crippen molar-refractivity contribution in [2.24, 2.45) is 0 Å². The van der Waals surface area contributed by atoms with Crippen molar-refractivity contribution in [2.45, 2.75) is 37.6 Å². The summed E-state index contributed by atoms with van der Waals surface area (Å²) >= 11 is 0. The second kappa shape index (κ2) is 10.1. The van der Waals surface area contributed by atoms with Gasteiger partial charge < -0.3 is 10.3 Å². The number of para-hydroxylation sites is 1. The lowest BCUT2D eigenvalue weighted by Gasteiger charge is -2.43. The molecule has 2 N–H and O–H groups in total. The summed E-state index contributed by atoms with van der Waals surface area (Å²) in [4.78, 5) is 22.6. The number of H-pyrrole nitrogens is 1. The van der Waals surface area contributed by atoms with Crippen molar-refractivity contribution in [1.82, 2.24) is 20.2 Å². The van der Waals surface area contributed by atoms with Crippen LogP contribution in [0.4, 0.5) is 0 Å². The van der Waals surface area contributed by atoms with E-state index >= 15 is 0 Å². The van der Waals surface area contributed by atoms with E-state index in [2.05, 4.69) is 58.5 Å². The molecule has 6 heteroatoms. The standard InChI is InChI=1S/C25H30N4O.ClH/c1-29(2)25(23-9-5-6-15-26-23)13-10-19(11-14-25)17-24(30)27-16-12-20-18-28-22-8-4-3-7-21(20)22;/h3-9,15,17-18,28H,10-14,16H2,1-2H3,(H,27,30);1H. The molecule has 0 bridgehead atoms. The maximum Gasteiger partial charge on any atom is 0.243 e. The minimum Gasteiger partial charge on any atom is -0.361 e. The number of benzene rings is 1. The predicted molar refractivity (Wildman–Crippen MR) is 128 cm³/mol. The number of rotatable bonds is 6. The smallest absolute Gasteiger partial charge is 0.243 e. The molecule has 1 aromatic carbocycles. The van der Waals surface area contributed by atoms with Gasteiger partial charge in [0, 0.05) is 35.9 Å². The molecule has 164 valence electrons. The Kier molecular flexibility index (Phi) is 7.52. The molecular weight excluding hydrogens is 408 g/mol. The lowest BCUT2D eigenvalue weighted by Crippen LogP contribution is -2.44. The molecule has 1 fully saturated rings. The van der Waals surface area contributed by atoms with Crippen molar-refractivity contribution in [3.05, 3.63) is 77.8 Å². The Bertz CT molecular complexity index is 1030. The number of nitrogens with one attached hydrogen (secondary N) is 2. The average Bonchev–Trinajstić information content (AvgIpc) is 3.18. The highest BCUT2D eigenvalue weighted by atomic mass is 35.5. The lowest BCUT2D eigenvalue weighted by atomic mass is 9.76. The SMILES string of the molecule is CN(C)C1(c2ccccn2)CCC(=CC(=O)NCCc2c[nH]c3ccccc23)CC1.Cl. The van der Waals surface area contributed by atoms with Crippen LogP contribution in [0, 0.1) is 0 Å². The van der Waals surface area contributed by atoms with Gasteiger partial charge in [-0.05, 0) is 70.0 Å². The number of carbonyl (C=O) groups is 1. The van der Waals surface area contributed by atoms with Crippen LogP contribution >= 0.6 is 12.4 Å². The zero-order valence-electron chi connectivity index (χ0n) is 18.2. The van der Waals surface area contributed by atoms with Gasteiger partial charge >= 0.3 is 0 Å². The molecule has 1 aliphatic carbocycles. The number of halogens is 1. The summed E-state index contributed by atoms with van der Waals surface area (Å²) in [5, 5.41) is 4.28. The Labute approximate surface area is 190 Å². The van der Waals surface area contributed by atoms with Crippen LogP contribution in [0.25, 0.3) is 10.9 Å². The van der Waals surface area contributed by atoms with E-state index in [0.29, 0.717) is 6.54 Å². The van der Waals surface area contributed by atoms with Gasteiger partial charge in [0.15, 0.2) is 0 Å². The number of nitrogens with zero attached hydrogens (tertiary/aromatic N) is 2. The first-order valence-corrected chi connectivity index (χ1v) is 10.7. The van der Waals surface area contributed by atoms with Crippen LogP contribution in [0.3, 0.4) is 0 Å². The zero-order chi connectivity index (χ0) is 21.0. The van der Waals surface area contributed by atoms with Gasteiger partial charge in [0.1, 0.15) is 0 Å². The molecule has 0 atom stereocenters. The molecule has 31 heavy (non-hydrogen) atoms. The zero-order valence-corrected chi connectivity index (χ0v) is 19.0. The van der Waals surface area contributed by atoms with Crippen molar-refractivity contribution >= 4 is 29.2 Å². The molecule has 1 amide bonds. The van der Waals surface area contributed by atoms with E-state index in [1.54, 1.807) is 0 Å². The number of fused-ring (bicyclic) bond motifs is 1. The molecule has 0 spiro atoms. The van der Waals surface area contributed by atoms with Gasteiger partial charge in [-0.2, -0.15) is 0 Å². The minimum atomic E-state index is -0.0512. The third kappa shape index (κ3) is 5.00. The molecule has 2 aromatic heterocycles. The number of allylic oxidation sites excluding steroid dienone is 1. The molecule has 1 saturated carbocycles. The number of hydrogen-bond donors (Lipinski definition) is 2. The van der Waals surface area contributed by atoms with E-state index in [9.17, 15) is 4.79 Å². The second-order valence-corrected chi connectivity index (χ2v) is 8.34. The molecule has 0 aliphatic heterocycles. The molecular formula is C25H31ClN4O. The van der Waals surface area contributed by atoms with Crippen LogP contribution in [0.1, 0.15) is 36.9 Å². The highest BCUT2D eigenvalue weighted by molar-refractivity contribution is 5.88. The first-order chi connectivity index (χ1) is 14.6. The fraction of sp³-hybridized carbons (Fsp3) is 0.360. The Balaban J connectivity index is 0.00000272. The van der Waals surface area contributed by atoms with Crippen LogP contribution in [0.15, 0.2) is 66.5 Å². The predicted octanol–water partition coefficient (Wildman–Crippen LogP) is 4.60. The summed E-state index contributed by atoms with van der Waals surface area (Å²) in [6.45, 7) is 0.639. The number of amides is 1. The normalized spacial score (nSPS) is 18.6. The number of aromatic nitrogens is 2. The largest absolute Gasteiger partial charge is 0.361 e. The Morgan fingerprint density at radius 2 is 1.90 bits per heavy atom. The highest BCUT2D eigenvalue weighted by Gasteiger charge is 2.38. The van der Waals surface area contributed by atoms with Gasteiger partial charge in [-0.25, -0.2) is 0 Å². The lowest BCUT2D eigenvalue weighted by molar-refractivity contribution is -0.116. The van der Waals surface area contributed by atoms with E-state index < -0.39 is 0 Å². The van der Waals surface area contributed by atoms with Gasteiger partial charge in [0.05, 0.1) is 11.2 Å². The van der Waals surface area contributed by atoms with Crippen LogP contribution in [-0.4, -0.2) is 41.4 Å². The molecule has 2 heterocycles. The van der Waals surface area contributed by atoms with Gasteiger partial charge in [0.2, 0.25) is 5.91 Å². The fourth-order valence-corrected chi connectivity index (χ4v) is 4.59. The van der Waals surface area contributed by atoms with E-state index in [4.69, 9.17) is 0 Å². The maximum absolute atomic E-state index is 12.5. The molecule has 5 nitrogen and oxygen atoms in total. The van der Waals surface area contributed by atoms with Crippen LogP contribution < -0.4 is 5.32 Å². The number of aromatic amines is 1. The van der Waals surface area contributed by atoms with Crippen LogP contribution in [0.2, 0.25) is 0 Å². The van der Waals surface area contributed by atoms with Crippen molar-refractivity contribution in [2.75, 3.05) is 20.6 Å². The number of carbonyl (C=O) groups excluding carboxylic acids is 1. The summed E-state index contributed by atoms with van der Waals surface area (Å²) in [5.74, 6) is 0.0139. The van der Waals surface area contributed by atoms with E-state index in [-0.39, 0.29) is 23.9 Å². The van der Waals surface area contributed by atoms with E-state index in [1.807, 2.05) is 36.7 Å². The summed E-state index contributed by atoms with van der Waals surface area (Å²) in [6, 6.07) is 14.4. The first-order valence-electron chi connectivity index (χ1n) is 10.7. The summed E-state index contributed by atoms with van der Waals surface area (Å²) < 4.78 is 0. The van der Waals surface area contributed by atoms with Crippen molar-refractivity contribution < 1.29 is 4.79 Å². The summed E-state index contributed by atoms with van der Waals surface area (Å²) in [7, 11) is 4.25. The molecule has 4 rings (SSSR count). The van der Waals surface area contributed by atoms with Gasteiger partial charge in [-0.1, -0.05) is 29.8 Å². The summed E-state index contributed by atoms with van der Waals surface area (Å²) in [6.07, 6.45) is 10.3. The number of hydrogen-bond acceptors (Lipinski definition) is 3. The highest BCUT2D eigenvalue weighted by Crippen LogP contribution is 2.41. The van der Waals surface area contributed by atoms with E-state index in [0.717, 1.165) is 43.3 Å². The third-order valence-electron chi connectivity index (χ3n) is 6.42. The van der Waals surface area contributed by atoms with E-state index in [1.165, 1.54) is 16.5 Å². The van der Waals surface area contributed by atoms with Crippen molar-refractivity contribution in [1.29, 1.82) is 0 Å². The summed E-state index contributed by atoms with van der Waals surface area (Å²) in [5.41, 5.74) is 4.68. The quantitative estimate of drug-likeness (QED) is 0.553. The number of pyridine rings is 1. The molecule has 0 unspecified atom stereocenters. The Morgan fingerprint density at radius 1 is 1.16 bits per heavy atom. The molecule has 0 radical (unpaired) electrons. The van der Waals surface area contributed by atoms with Gasteiger partial charge in [-0.15, -0.1) is 12.4 Å². The first kappa shape index (κ1) is 23.0. The minimum absolute atomic E-state index is 0. The van der Waals surface area contributed by atoms with Crippen molar-refractivity contribution in [3.63, 3.8) is 0 Å². The van der Waals surface area contributed by atoms with Gasteiger partial charge in [0.25, 0.3) is 0 Å². The topological polar surface area (TPSA) is 61.0 Å². The molecule has 0 saturated heterocycles. The maximum atomic E-state index is 12.5. The van der Waals surface area contributed by atoms with Crippen LogP contribution in [-0.2, 0) is 16.8 Å². The average molecular weight is 439 g/mol.